The molecule has 1 aromatic carbocycles. The number of urea groups is 1. The third-order valence-corrected chi connectivity index (χ3v) is 4.45. The van der Waals surface area contributed by atoms with E-state index in [1.54, 1.807) is 0 Å². The molecule has 3 N–H and O–H groups in total. The van der Waals surface area contributed by atoms with E-state index in [0.717, 1.165) is 40.1 Å². The molecule has 0 atom stereocenters. The Morgan fingerprint density at radius 3 is 2.62 bits per heavy atom. The quantitative estimate of drug-likeness (QED) is 0.769. The van der Waals surface area contributed by atoms with Crippen LogP contribution in [0, 0.1) is 13.8 Å². The number of nitrogens with one attached hydrogen (secondary N) is 3. The molecular formula is C15H17BrN4O. The number of aromatic nitrogens is 2. The lowest BCUT2D eigenvalue weighted by molar-refractivity contribution is 0.262. The highest BCUT2D eigenvalue weighted by Crippen LogP contribution is 2.32. The molecule has 0 aliphatic heterocycles. The second-order valence-electron chi connectivity index (χ2n) is 5.34. The first-order valence-electron chi connectivity index (χ1n) is 6.95. The van der Waals surface area contributed by atoms with Crippen LogP contribution in [0.1, 0.15) is 28.9 Å². The largest absolute Gasteiger partial charge is 0.323 e. The highest BCUT2D eigenvalue weighted by molar-refractivity contribution is 9.10. The monoisotopic (exact) mass is 348 g/mol. The molecule has 0 bridgehead atoms. The number of carbonyl (C=O) groups is 1. The number of fused-ring (bicyclic) bond motifs is 1. The summed E-state index contributed by atoms with van der Waals surface area (Å²) in [6.07, 6.45) is 3.39. The van der Waals surface area contributed by atoms with E-state index in [-0.39, 0.29) is 6.03 Å². The van der Waals surface area contributed by atoms with Gasteiger partial charge in [-0.05, 0) is 72.3 Å². The lowest BCUT2D eigenvalue weighted by Crippen LogP contribution is -2.20. The van der Waals surface area contributed by atoms with Crippen molar-refractivity contribution in [3.05, 3.63) is 39.1 Å². The van der Waals surface area contributed by atoms with E-state index in [1.165, 1.54) is 17.5 Å². The first-order valence-corrected chi connectivity index (χ1v) is 7.75. The van der Waals surface area contributed by atoms with E-state index >= 15 is 0 Å². The lowest BCUT2D eigenvalue weighted by Gasteiger charge is -2.11. The van der Waals surface area contributed by atoms with Gasteiger partial charge in [0, 0.05) is 4.47 Å². The molecule has 6 heteroatoms. The first-order chi connectivity index (χ1) is 10.0. The van der Waals surface area contributed by atoms with Gasteiger partial charge in [-0.2, -0.15) is 5.10 Å². The summed E-state index contributed by atoms with van der Waals surface area (Å²) in [7, 11) is 0. The van der Waals surface area contributed by atoms with Gasteiger partial charge < -0.3 is 10.6 Å². The second kappa shape index (κ2) is 5.52. The fraction of sp³-hybridized carbons (Fsp3) is 0.333. The Kier molecular flexibility index (Phi) is 3.71. The number of amides is 2. The SMILES string of the molecule is Cc1n[nH]c(C)c1NC(=O)Nc1cc2c(cc1Br)CCC2. The summed E-state index contributed by atoms with van der Waals surface area (Å²) in [5, 5.41) is 12.6. The molecule has 0 unspecified atom stereocenters. The number of halogens is 1. The Morgan fingerprint density at radius 2 is 1.95 bits per heavy atom. The van der Waals surface area contributed by atoms with Gasteiger partial charge in [0.2, 0.25) is 0 Å². The molecule has 5 nitrogen and oxygen atoms in total. The smallest absolute Gasteiger partial charge is 0.307 e. The zero-order valence-electron chi connectivity index (χ0n) is 12.0. The van der Waals surface area contributed by atoms with Crippen LogP contribution < -0.4 is 10.6 Å². The summed E-state index contributed by atoms with van der Waals surface area (Å²) in [6.45, 7) is 3.73. The number of rotatable bonds is 2. The van der Waals surface area contributed by atoms with Crippen LogP contribution in [-0.2, 0) is 12.8 Å². The summed E-state index contributed by atoms with van der Waals surface area (Å²) in [5.41, 5.74) is 5.83. The first kappa shape index (κ1) is 14.1. The second-order valence-corrected chi connectivity index (χ2v) is 6.20. The highest BCUT2D eigenvalue weighted by atomic mass is 79.9. The summed E-state index contributed by atoms with van der Waals surface area (Å²) < 4.78 is 0.916. The number of benzene rings is 1. The maximum absolute atomic E-state index is 12.2. The van der Waals surface area contributed by atoms with Crippen molar-refractivity contribution in [1.29, 1.82) is 0 Å². The van der Waals surface area contributed by atoms with Crippen LogP contribution in [0.2, 0.25) is 0 Å². The van der Waals surface area contributed by atoms with Crippen molar-refractivity contribution in [3.8, 4) is 0 Å². The minimum absolute atomic E-state index is 0.263. The van der Waals surface area contributed by atoms with E-state index in [9.17, 15) is 4.79 Å². The molecule has 110 valence electrons. The van der Waals surface area contributed by atoms with Gasteiger partial charge >= 0.3 is 6.03 Å². The number of hydrogen-bond donors (Lipinski definition) is 3. The Labute approximate surface area is 131 Å². The van der Waals surface area contributed by atoms with Gasteiger partial charge in [-0.25, -0.2) is 4.79 Å². The average Bonchev–Trinajstić information content (AvgIpc) is 3.00. The van der Waals surface area contributed by atoms with Crippen LogP contribution >= 0.6 is 15.9 Å². The predicted octanol–water partition coefficient (Wildman–Crippen LogP) is 3.92. The molecule has 1 aliphatic rings. The molecule has 2 aromatic rings. The number of carbonyl (C=O) groups excluding carboxylic acids is 1. The van der Waals surface area contributed by atoms with Crippen LogP contribution in [0.5, 0.6) is 0 Å². The predicted molar refractivity (Wildman–Crippen MR) is 86.9 cm³/mol. The molecule has 0 fully saturated rings. The molecule has 3 rings (SSSR count). The van der Waals surface area contributed by atoms with Crippen molar-refractivity contribution in [2.45, 2.75) is 33.1 Å². The minimum atomic E-state index is -0.263. The number of aryl methyl sites for hydroxylation is 4. The Balaban J connectivity index is 1.76. The Hall–Kier alpha value is -1.82. The van der Waals surface area contributed by atoms with Gasteiger partial charge in [-0.15, -0.1) is 0 Å². The molecule has 0 saturated carbocycles. The minimum Gasteiger partial charge on any atom is -0.307 e. The molecule has 0 saturated heterocycles. The summed E-state index contributed by atoms with van der Waals surface area (Å²) in [6, 6.07) is 3.90. The molecule has 0 spiro atoms. The van der Waals surface area contributed by atoms with Crippen LogP contribution in [0.4, 0.5) is 16.2 Å². The number of anilines is 2. The Morgan fingerprint density at radius 1 is 1.24 bits per heavy atom. The molecule has 2 amide bonds. The van der Waals surface area contributed by atoms with Crippen LogP contribution in [0.25, 0.3) is 0 Å². The van der Waals surface area contributed by atoms with Crippen molar-refractivity contribution < 1.29 is 4.79 Å². The van der Waals surface area contributed by atoms with Crippen molar-refractivity contribution >= 4 is 33.3 Å². The van der Waals surface area contributed by atoms with Gasteiger partial charge in [0.1, 0.15) is 0 Å². The zero-order valence-corrected chi connectivity index (χ0v) is 13.6. The van der Waals surface area contributed by atoms with E-state index in [2.05, 4.69) is 48.9 Å². The van der Waals surface area contributed by atoms with Crippen LogP contribution in [-0.4, -0.2) is 16.2 Å². The van der Waals surface area contributed by atoms with Crippen molar-refractivity contribution in [1.82, 2.24) is 10.2 Å². The van der Waals surface area contributed by atoms with Gasteiger partial charge in [0.05, 0.1) is 22.8 Å². The molecule has 1 aromatic heterocycles. The maximum atomic E-state index is 12.2. The van der Waals surface area contributed by atoms with E-state index in [4.69, 9.17) is 0 Å². The summed E-state index contributed by atoms with van der Waals surface area (Å²) in [4.78, 5) is 12.2. The normalized spacial score (nSPS) is 13.1. The number of aromatic amines is 1. The molecule has 21 heavy (non-hydrogen) atoms. The van der Waals surface area contributed by atoms with Crippen molar-refractivity contribution in [2.75, 3.05) is 10.6 Å². The van der Waals surface area contributed by atoms with Gasteiger partial charge in [0.25, 0.3) is 0 Å². The fourth-order valence-corrected chi connectivity index (χ4v) is 3.18. The third-order valence-electron chi connectivity index (χ3n) is 3.80. The van der Waals surface area contributed by atoms with Gasteiger partial charge in [-0.3, -0.25) is 5.10 Å². The standard InChI is InChI=1S/C15H17BrN4O/c1-8-14(9(2)20-19-8)18-15(21)17-13-7-11-5-3-4-10(11)6-12(13)16/h6-7H,3-5H2,1-2H3,(H,19,20)(H2,17,18,21). The fourth-order valence-electron chi connectivity index (χ4n) is 2.69. The van der Waals surface area contributed by atoms with E-state index in [0.29, 0.717) is 0 Å². The van der Waals surface area contributed by atoms with E-state index in [1.807, 2.05) is 13.8 Å². The average molecular weight is 349 g/mol. The van der Waals surface area contributed by atoms with E-state index < -0.39 is 0 Å². The summed E-state index contributed by atoms with van der Waals surface area (Å²) in [5.74, 6) is 0. The topological polar surface area (TPSA) is 69.8 Å². The summed E-state index contributed by atoms with van der Waals surface area (Å²) >= 11 is 3.52. The molecule has 1 aliphatic carbocycles. The van der Waals surface area contributed by atoms with Gasteiger partial charge in [0.15, 0.2) is 0 Å². The number of hydrogen-bond acceptors (Lipinski definition) is 2. The number of H-pyrrole nitrogens is 1. The zero-order chi connectivity index (χ0) is 15.0. The van der Waals surface area contributed by atoms with Crippen molar-refractivity contribution in [2.24, 2.45) is 0 Å². The van der Waals surface area contributed by atoms with Crippen LogP contribution in [0.3, 0.4) is 0 Å². The van der Waals surface area contributed by atoms with Gasteiger partial charge in [-0.1, -0.05) is 0 Å². The molecule has 0 radical (unpaired) electrons. The molecule has 1 heterocycles. The molecular weight excluding hydrogens is 332 g/mol. The number of nitrogens with zero attached hydrogens (tertiary/aromatic N) is 1. The maximum Gasteiger partial charge on any atom is 0.323 e. The lowest BCUT2D eigenvalue weighted by atomic mass is 10.1. The highest BCUT2D eigenvalue weighted by Gasteiger charge is 2.16. The van der Waals surface area contributed by atoms with Crippen molar-refractivity contribution in [3.63, 3.8) is 0 Å². The Bertz CT molecular complexity index is 688. The third kappa shape index (κ3) is 2.81. The van der Waals surface area contributed by atoms with Crippen LogP contribution in [0.15, 0.2) is 16.6 Å².